The summed E-state index contributed by atoms with van der Waals surface area (Å²) in [5, 5.41) is 4.21. The van der Waals surface area contributed by atoms with Crippen LogP contribution in [-0.4, -0.2) is 11.6 Å². The molecule has 1 aromatic heterocycles. The van der Waals surface area contributed by atoms with Crippen LogP contribution in [0.15, 0.2) is 18.2 Å². The number of nitrogens with one attached hydrogen (secondary N) is 1. The van der Waals surface area contributed by atoms with Crippen LogP contribution in [0.5, 0.6) is 5.75 Å². The molecule has 3 nitrogen and oxygen atoms in total. The smallest absolute Gasteiger partial charge is 0.187 e. The molecule has 19 heavy (non-hydrogen) atoms. The van der Waals surface area contributed by atoms with Gasteiger partial charge in [0.1, 0.15) is 5.75 Å². The molecule has 0 bridgehead atoms. The summed E-state index contributed by atoms with van der Waals surface area (Å²) in [7, 11) is 0. The number of aryl methyl sites for hydroxylation is 2. The maximum Gasteiger partial charge on any atom is 0.187 e. The van der Waals surface area contributed by atoms with Gasteiger partial charge < -0.3 is 10.1 Å². The Hall–Kier alpha value is -1.26. The molecule has 0 aliphatic carbocycles. The minimum absolute atomic E-state index is 0.431. The molecular weight excluding hydrogens is 280 g/mol. The lowest BCUT2D eigenvalue weighted by molar-refractivity contribution is 0.337. The highest BCUT2D eigenvalue weighted by Gasteiger charge is 2.07. The number of hydrogen-bond donors (Lipinski definition) is 1. The summed E-state index contributed by atoms with van der Waals surface area (Å²) >= 11 is 7.60. The number of aromatic nitrogens is 1. The highest BCUT2D eigenvalue weighted by atomic mass is 35.5. The molecule has 1 aromatic carbocycles. The number of benzene rings is 1. The van der Waals surface area contributed by atoms with Gasteiger partial charge in [0.15, 0.2) is 5.13 Å². The SMILES string of the molecule is CCOc1ccc(Nc2nc(C)c(C)s2)cc1CCl. The van der Waals surface area contributed by atoms with Gasteiger partial charge in [-0.3, -0.25) is 0 Å². The number of ether oxygens (including phenoxy) is 1. The maximum atomic E-state index is 5.95. The summed E-state index contributed by atoms with van der Waals surface area (Å²) in [4.78, 5) is 5.69. The summed E-state index contributed by atoms with van der Waals surface area (Å²) < 4.78 is 5.53. The van der Waals surface area contributed by atoms with E-state index in [1.165, 1.54) is 4.88 Å². The lowest BCUT2D eigenvalue weighted by atomic mass is 10.2. The highest BCUT2D eigenvalue weighted by Crippen LogP contribution is 2.29. The van der Waals surface area contributed by atoms with Crippen LogP contribution < -0.4 is 10.1 Å². The van der Waals surface area contributed by atoms with Crippen LogP contribution in [0.25, 0.3) is 0 Å². The molecule has 5 heteroatoms. The van der Waals surface area contributed by atoms with Gasteiger partial charge in [0.2, 0.25) is 0 Å². The fraction of sp³-hybridized carbons (Fsp3) is 0.357. The molecule has 0 saturated heterocycles. The summed E-state index contributed by atoms with van der Waals surface area (Å²) in [5.74, 6) is 1.27. The van der Waals surface area contributed by atoms with Gasteiger partial charge in [0, 0.05) is 16.1 Å². The van der Waals surface area contributed by atoms with Crippen LogP contribution >= 0.6 is 22.9 Å². The molecule has 1 heterocycles. The Balaban J connectivity index is 2.21. The van der Waals surface area contributed by atoms with Crippen LogP contribution in [0.4, 0.5) is 10.8 Å². The van der Waals surface area contributed by atoms with Crippen molar-refractivity contribution >= 4 is 33.8 Å². The van der Waals surface area contributed by atoms with Crippen molar-refractivity contribution in [1.82, 2.24) is 4.98 Å². The monoisotopic (exact) mass is 296 g/mol. The second kappa shape index (κ2) is 6.26. The van der Waals surface area contributed by atoms with Gasteiger partial charge in [-0.2, -0.15) is 0 Å². The molecule has 0 spiro atoms. The average Bonchev–Trinajstić information content (AvgIpc) is 2.70. The van der Waals surface area contributed by atoms with Gasteiger partial charge in [0.25, 0.3) is 0 Å². The van der Waals surface area contributed by atoms with E-state index in [0.29, 0.717) is 12.5 Å². The zero-order valence-electron chi connectivity index (χ0n) is 11.3. The van der Waals surface area contributed by atoms with Crippen LogP contribution in [-0.2, 0) is 5.88 Å². The van der Waals surface area contributed by atoms with Gasteiger partial charge in [0.05, 0.1) is 18.2 Å². The van der Waals surface area contributed by atoms with Crippen molar-refractivity contribution in [2.75, 3.05) is 11.9 Å². The Kier molecular flexibility index (Phi) is 4.66. The number of alkyl halides is 1. The summed E-state index contributed by atoms with van der Waals surface area (Å²) in [6, 6.07) is 5.92. The van der Waals surface area contributed by atoms with Crippen molar-refractivity contribution < 1.29 is 4.74 Å². The molecule has 0 amide bonds. The van der Waals surface area contributed by atoms with Crippen LogP contribution in [0, 0.1) is 13.8 Å². The first-order valence-electron chi connectivity index (χ1n) is 6.16. The lowest BCUT2D eigenvalue weighted by Gasteiger charge is -2.10. The van der Waals surface area contributed by atoms with E-state index in [0.717, 1.165) is 27.8 Å². The van der Waals surface area contributed by atoms with Crippen LogP contribution in [0.2, 0.25) is 0 Å². The number of halogens is 1. The molecule has 0 fully saturated rings. The van der Waals surface area contributed by atoms with Gasteiger partial charge in [-0.25, -0.2) is 4.98 Å². The first-order chi connectivity index (χ1) is 9.13. The van der Waals surface area contributed by atoms with Gasteiger partial charge >= 0.3 is 0 Å². The lowest BCUT2D eigenvalue weighted by Crippen LogP contribution is -1.97. The van der Waals surface area contributed by atoms with Crippen LogP contribution in [0.1, 0.15) is 23.1 Å². The zero-order chi connectivity index (χ0) is 13.8. The standard InChI is InChI=1S/C14H17ClN2OS/c1-4-18-13-6-5-12(7-11(13)8-15)17-14-16-9(2)10(3)19-14/h5-7H,4,8H2,1-3H3,(H,16,17). The molecule has 0 aliphatic heterocycles. The first-order valence-corrected chi connectivity index (χ1v) is 7.52. The van der Waals surface area contributed by atoms with Crippen molar-refractivity contribution in [3.05, 3.63) is 34.3 Å². The predicted octanol–water partition coefficient (Wildman–Crippen LogP) is 4.64. The zero-order valence-corrected chi connectivity index (χ0v) is 12.9. The molecule has 0 unspecified atom stereocenters. The van der Waals surface area contributed by atoms with Crippen molar-refractivity contribution in [3.8, 4) is 5.75 Å². The number of thiazole rings is 1. The molecule has 2 rings (SSSR count). The van der Waals surface area contributed by atoms with Crippen molar-refractivity contribution in [2.24, 2.45) is 0 Å². The van der Waals surface area contributed by atoms with E-state index in [-0.39, 0.29) is 0 Å². The minimum atomic E-state index is 0.431. The number of nitrogens with zero attached hydrogens (tertiary/aromatic N) is 1. The molecule has 0 atom stereocenters. The molecule has 102 valence electrons. The van der Waals surface area contributed by atoms with E-state index in [1.807, 2.05) is 32.0 Å². The largest absolute Gasteiger partial charge is 0.494 e. The normalized spacial score (nSPS) is 10.5. The highest BCUT2D eigenvalue weighted by molar-refractivity contribution is 7.15. The molecule has 1 N–H and O–H groups in total. The quantitative estimate of drug-likeness (QED) is 0.816. The Morgan fingerprint density at radius 3 is 2.74 bits per heavy atom. The van der Waals surface area contributed by atoms with Crippen LogP contribution in [0.3, 0.4) is 0 Å². The Morgan fingerprint density at radius 2 is 2.16 bits per heavy atom. The Labute approximate surface area is 122 Å². The van der Waals surface area contributed by atoms with E-state index in [1.54, 1.807) is 11.3 Å². The third-order valence-corrected chi connectivity index (χ3v) is 4.06. The third-order valence-electron chi connectivity index (χ3n) is 2.78. The van der Waals surface area contributed by atoms with Gasteiger partial charge in [-0.15, -0.1) is 22.9 Å². The van der Waals surface area contributed by atoms with E-state index < -0.39 is 0 Å². The van der Waals surface area contributed by atoms with Crippen molar-refractivity contribution in [3.63, 3.8) is 0 Å². The molecule has 0 saturated carbocycles. The summed E-state index contributed by atoms with van der Waals surface area (Å²) in [6.45, 7) is 6.69. The van der Waals surface area contributed by atoms with Gasteiger partial charge in [-0.05, 0) is 39.0 Å². The fourth-order valence-electron chi connectivity index (χ4n) is 1.71. The first kappa shape index (κ1) is 14.2. The van der Waals surface area contributed by atoms with Crippen molar-refractivity contribution in [2.45, 2.75) is 26.7 Å². The Bertz CT molecular complexity index is 549. The predicted molar refractivity (Wildman–Crippen MR) is 82.0 cm³/mol. The maximum absolute atomic E-state index is 5.95. The van der Waals surface area contributed by atoms with E-state index in [9.17, 15) is 0 Å². The third kappa shape index (κ3) is 3.39. The van der Waals surface area contributed by atoms with Crippen molar-refractivity contribution in [1.29, 1.82) is 0 Å². The summed E-state index contributed by atoms with van der Waals surface area (Å²) in [5.41, 5.74) is 3.03. The van der Waals surface area contributed by atoms with E-state index in [2.05, 4.69) is 17.2 Å². The van der Waals surface area contributed by atoms with E-state index in [4.69, 9.17) is 16.3 Å². The van der Waals surface area contributed by atoms with Gasteiger partial charge in [-0.1, -0.05) is 0 Å². The summed E-state index contributed by atoms with van der Waals surface area (Å²) in [6.07, 6.45) is 0. The molecular formula is C14H17ClN2OS. The number of hydrogen-bond acceptors (Lipinski definition) is 4. The minimum Gasteiger partial charge on any atom is -0.494 e. The molecule has 0 radical (unpaired) electrons. The number of rotatable bonds is 5. The molecule has 2 aromatic rings. The molecule has 0 aliphatic rings. The average molecular weight is 297 g/mol. The topological polar surface area (TPSA) is 34.1 Å². The second-order valence-electron chi connectivity index (χ2n) is 4.17. The van der Waals surface area contributed by atoms with E-state index >= 15 is 0 Å². The Morgan fingerprint density at radius 1 is 1.37 bits per heavy atom. The fourth-order valence-corrected chi connectivity index (χ4v) is 2.75. The second-order valence-corrected chi connectivity index (χ2v) is 5.65. The number of anilines is 2.